The lowest BCUT2D eigenvalue weighted by molar-refractivity contribution is 0.0470. The zero-order valence-electron chi connectivity index (χ0n) is 12.1. The minimum atomic E-state index is 0.423. The fourth-order valence-electron chi connectivity index (χ4n) is 3.81. The maximum absolute atomic E-state index is 6.16. The minimum Gasteiger partial charge on any atom is -0.381 e. The number of hydrogen-bond donors (Lipinski definition) is 2. The van der Waals surface area contributed by atoms with Crippen LogP contribution in [0.3, 0.4) is 0 Å². The average molecular weight is 305 g/mol. The molecule has 3 heterocycles. The lowest BCUT2D eigenvalue weighted by Gasteiger charge is -2.30. The van der Waals surface area contributed by atoms with Crippen molar-refractivity contribution in [3.8, 4) is 0 Å². The van der Waals surface area contributed by atoms with E-state index >= 15 is 0 Å². The van der Waals surface area contributed by atoms with Gasteiger partial charge < -0.3 is 15.0 Å². The predicted octanol–water partition coefficient (Wildman–Crippen LogP) is 3.82. The van der Waals surface area contributed by atoms with Gasteiger partial charge in [0.1, 0.15) is 0 Å². The molecular formula is C17H21ClN2O. The molecule has 2 atom stereocenters. The van der Waals surface area contributed by atoms with Gasteiger partial charge in [0, 0.05) is 40.9 Å². The van der Waals surface area contributed by atoms with Gasteiger partial charge in [-0.25, -0.2) is 0 Å². The van der Waals surface area contributed by atoms with Crippen molar-refractivity contribution in [1.82, 2.24) is 10.3 Å². The number of nitrogens with one attached hydrogen (secondary N) is 2. The van der Waals surface area contributed by atoms with Gasteiger partial charge in [-0.3, -0.25) is 0 Å². The molecular weight excluding hydrogens is 284 g/mol. The first-order chi connectivity index (χ1) is 10.3. The Morgan fingerprint density at radius 3 is 3.14 bits per heavy atom. The molecule has 2 aromatic rings. The molecule has 1 fully saturated rings. The van der Waals surface area contributed by atoms with Gasteiger partial charge >= 0.3 is 0 Å². The molecule has 2 aliphatic heterocycles. The number of halogens is 1. The molecule has 0 bridgehead atoms. The standard InChI is InChI=1S/C17H21ClN2O/c18-12-3-4-15-14(9-12)13-5-6-19-16(17(13)20-15)8-11-2-1-7-21-10-11/h3-4,9,11,16,19-20H,1-2,5-8,10H2/t11?,16-/m0/s1. The summed E-state index contributed by atoms with van der Waals surface area (Å²) in [5.74, 6) is 0.678. The van der Waals surface area contributed by atoms with Crippen LogP contribution in [-0.2, 0) is 11.2 Å². The summed E-state index contributed by atoms with van der Waals surface area (Å²) in [6, 6.07) is 6.57. The smallest absolute Gasteiger partial charge is 0.0494 e. The second-order valence-corrected chi connectivity index (χ2v) is 6.72. The molecule has 2 aliphatic rings. The van der Waals surface area contributed by atoms with E-state index in [1.165, 1.54) is 35.0 Å². The third-order valence-corrected chi connectivity index (χ3v) is 5.07. The van der Waals surface area contributed by atoms with Crippen molar-refractivity contribution in [2.45, 2.75) is 31.7 Å². The number of fused-ring (bicyclic) bond motifs is 3. The summed E-state index contributed by atoms with van der Waals surface area (Å²) < 4.78 is 5.63. The van der Waals surface area contributed by atoms with Crippen LogP contribution in [0.2, 0.25) is 5.02 Å². The molecule has 0 aliphatic carbocycles. The number of ether oxygens (including phenoxy) is 1. The average Bonchev–Trinajstić information content (AvgIpc) is 2.88. The first-order valence-electron chi connectivity index (χ1n) is 7.92. The summed E-state index contributed by atoms with van der Waals surface area (Å²) in [4.78, 5) is 3.62. The third kappa shape index (κ3) is 2.59. The molecule has 21 heavy (non-hydrogen) atoms. The topological polar surface area (TPSA) is 37.0 Å². The van der Waals surface area contributed by atoms with Crippen LogP contribution in [0.4, 0.5) is 0 Å². The van der Waals surface area contributed by atoms with Crippen molar-refractivity contribution in [2.24, 2.45) is 5.92 Å². The highest BCUT2D eigenvalue weighted by Gasteiger charge is 2.27. The van der Waals surface area contributed by atoms with Crippen molar-refractivity contribution in [2.75, 3.05) is 19.8 Å². The fraction of sp³-hybridized carbons (Fsp3) is 0.529. The highest BCUT2D eigenvalue weighted by atomic mass is 35.5. The molecule has 1 aromatic carbocycles. The highest BCUT2D eigenvalue weighted by molar-refractivity contribution is 6.31. The van der Waals surface area contributed by atoms with Gasteiger partial charge in [-0.2, -0.15) is 0 Å². The third-order valence-electron chi connectivity index (χ3n) is 4.84. The van der Waals surface area contributed by atoms with Crippen LogP contribution in [0.15, 0.2) is 18.2 Å². The van der Waals surface area contributed by atoms with Crippen molar-refractivity contribution >= 4 is 22.5 Å². The molecule has 0 saturated carbocycles. The first-order valence-corrected chi connectivity index (χ1v) is 8.30. The molecule has 1 saturated heterocycles. The van der Waals surface area contributed by atoms with Gasteiger partial charge in [-0.15, -0.1) is 0 Å². The molecule has 0 spiro atoms. The number of aromatic amines is 1. The van der Waals surface area contributed by atoms with Crippen LogP contribution >= 0.6 is 11.6 Å². The van der Waals surface area contributed by atoms with Crippen LogP contribution in [0.5, 0.6) is 0 Å². The van der Waals surface area contributed by atoms with E-state index in [-0.39, 0.29) is 0 Å². The molecule has 4 heteroatoms. The Morgan fingerprint density at radius 2 is 2.29 bits per heavy atom. The Hall–Kier alpha value is -1.03. The Bertz CT molecular complexity index is 646. The summed E-state index contributed by atoms with van der Waals surface area (Å²) in [5, 5.41) is 5.79. The van der Waals surface area contributed by atoms with Gasteiger partial charge in [0.25, 0.3) is 0 Å². The second-order valence-electron chi connectivity index (χ2n) is 6.28. The minimum absolute atomic E-state index is 0.423. The normalized spacial score (nSPS) is 26.0. The van der Waals surface area contributed by atoms with Crippen molar-refractivity contribution < 1.29 is 4.74 Å². The van der Waals surface area contributed by atoms with Crippen LogP contribution in [0.25, 0.3) is 10.9 Å². The molecule has 4 rings (SSSR count). The summed E-state index contributed by atoms with van der Waals surface area (Å²) >= 11 is 6.16. The maximum atomic E-state index is 6.16. The second kappa shape index (κ2) is 5.64. The molecule has 2 N–H and O–H groups in total. The van der Waals surface area contributed by atoms with Crippen LogP contribution in [0.1, 0.15) is 36.6 Å². The maximum Gasteiger partial charge on any atom is 0.0494 e. The van der Waals surface area contributed by atoms with Crippen LogP contribution < -0.4 is 5.32 Å². The van der Waals surface area contributed by atoms with Crippen molar-refractivity contribution in [3.05, 3.63) is 34.5 Å². The summed E-state index contributed by atoms with van der Waals surface area (Å²) in [6.45, 7) is 2.90. The fourth-order valence-corrected chi connectivity index (χ4v) is 3.98. The molecule has 0 radical (unpaired) electrons. The zero-order valence-corrected chi connectivity index (χ0v) is 12.9. The Kier molecular flexibility index (Phi) is 3.66. The SMILES string of the molecule is Clc1ccc2[nH]c3c(c2c1)CCN[C@H]3CC1CCCOC1. The van der Waals surface area contributed by atoms with Crippen LogP contribution in [-0.4, -0.2) is 24.7 Å². The summed E-state index contributed by atoms with van der Waals surface area (Å²) in [6.07, 6.45) is 4.73. The van der Waals surface area contributed by atoms with E-state index in [2.05, 4.69) is 22.4 Å². The van der Waals surface area contributed by atoms with Crippen molar-refractivity contribution in [1.29, 1.82) is 0 Å². The zero-order chi connectivity index (χ0) is 14.2. The predicted molar refractivity (Wildman–Crippen MR) is 85.9 cm³/mol. The van der Waals surface area contributed by atoms with E-state index in [1.807, 2.05) is 6.07 Å². The van der Waals surface area contributed by atoms with E-state index < -0.39 is 0 Å². The van der Waals surface area contributed by atoms with E-state index in [4.69, 9.17) is 16.3 Å². The van der Waals surface area contributed by atoms with Gasteiger partial charge in [-0.1, -0.05) is 11.6 Å². The van der Waals surface area contributed by atoms with E-state index in [1.54, 1.807) is 0 Å². The molecule has 3 nitrogen and oxygen atoms in total. The monoisotopic (exact) mass is 304 g/mol. The molecule has 0 amide bonds. The first kappa shape index (κ1) is 13.6. The van der Waals surface area contributed by atoms with Gasteiger partial charge in [0.05, 0.1) is 0 Å². The Labute approximate surface area is 130 Å². The summed E-state index contributed by atoms with van der Waals surface area (Å²) in [5.41, 5.74) is 4.02. The number of rotatable bonds is 2. The molecule has 112 valence electrons. The van der Waals surface area contributed by atoms with Crippen molar-refractivity contribution in [3.63, 3.8) is 0 Å². The van der Waals surface area contributed by atoms with Gasteiger partial charge in [-0.05, 0) is 61.9 Å². The van der Waals surface area contributed by atoms with E-state index in [9.17, 15) is 0 Å². The highest BCUT2D eigenvalue weighted by Crippen LogP contribution is 2.35. The largest absolute Gasteiger partial charge is 0.381 e. The quantitative estimate of drug-likeness (QED) is 0.885. The lowest BCUT2D eigenvalue weighted by atomic mass is 9.89. The number of hydrogen-bond acceptors (Lipinski definition) is 2. The number of benzene rings is 1. The lowest BCUT2D eigenvalue weighted by Crippen LogP contribution is -2.32. The molecule has 1 unspecified atom stereocenters. The molecule has 1 aromatic heterocycles. The summed E-state index contributed by atoms with van der Waals surface area (Å²) in [7, 11) is 0. The van der Waals surface area contributed by atoms with E-state index in [0.29, 0.717) is 12.0 Å². The van der Waals surface area contributed by atoms with E-state index in [0.717, 1.165) is 37.6 Å². The number of H-pyrrole nitrogens is 1. The van der Waals surface area contributed by atoms with Gasteiger partial charge in [0.2, 0.25) is 0 Å². The number of aromatic nitrogens is 1. The van der Waals surface area contributed by atoms with Gasteiger partial charge in [0.15, 0.2) is 0 Å². The van der Waals surface area contributed by atoms with Crippen LogP contribution in [0, 0.1) is 5.92 Å². The Balaban J connectivity index is 1.65. The Morgan fingerprint density at radius 1 is 1.33 bits per heavy atom.